The highest BCUT2D eigenvalue weighted by Gasteiger charge is 2.20. The number of nitrogens with zero attached hydrogens (tertiary/aromatic N) is 1. The van der Waals surface area contributed by atoms with Crippen molar-refractivity contribution in [2.75, 3.05) is 0 Å². The van der Waals surface area contributed by atoms with Crippen LogP contribution in [0.15, 0.2) is 24.3 Å². The van der Waals surface area contributed by atoms with Crippen molar-refractivity contribution < 1.29 is 4.79 Å². The molecular formula is C17H22N2OS. The molecule has 0 saturated heterocycles. The SMILES string of the molecule is CCc1ccc(-c2nc(C)c(C(=O)NC(C)(C)C)s2)cc1. The Hall–Kier alpha value is -1.68. The summed E-state index contributed by atoms with van der Waals surface area (Å²) in [5.74, 6) is -0.0473. The Morgan fingerprint density at radius 2 is 1.86 bits per heavy atom. The maximum atomic E-state index is 12.3. The van der Waals surface area contributed by atoms with Gasteiger partial charge < -0.3 is 5.32 Å². The van der Waals surface area contributed by atoms with Gasteiger partial charge in [-0.3, -0.25) is 4.79 Å². The van der Waals surface area contributed by atoms with Crippen molar-refractivity contribution in [3.63, 3.8) is 0 Å². The number of hydrogen-bond acceptors (Lipinski definition) is 3. The first-order chi connectivity index (χ1) is 9.80. The minimum Gasteiger partial charge on any atom is -0.347 e. The van der Waals surface area contributed by atoms with Crippen molar-refractivity contribution in [3.8, 4) is 10.6 Å². The standard InChI is InChI=1S/C17H22N2OS/c1-6-12-7-9-13(10-8-12)16-18-11(2)14(21-16)15(20)19-17(3,4)5/h7-10H,6H2,1-5H3,(H,19,20). The monoisotopic (exact) mass is 302 g/mol. The number of aromatic nitrogens is 1. The van der Waals surface area contributed by atoms with Crippen LogP contribution < -0.4 is 5.32 Å². The lowest BCUT2D eigenvalue weighted by atomic mass is 10.1. The number of rotatable bonds is 3. The largest absolute Gasteiger partial charge is 0.347 e. The van der Waals surface area contributed by atoms with Crippen molar-refractivity contribution in [2.45, 2.75) is 46.6 Å². The van der Waals surface area contributed by atoms with E-state index >= 15 is 0 Å². The highest BCUT2D eigenvalue weighted by molar-refractivity contribution is 7.17. The number of carbonyl (C=O) groups excluding carboxylic acids is 1. The zero-order chi connectivity index (χ0) is 15.6. The molecule has 1 aromatic carbocycles. The fourth-order valence-corrected chi connectivity index (χ4v) is 2.98. The molecule has 0 fully saturated rings. The molecule has 0 bridgehead atoms. The summed E-state index contributed by atoms with van der Waals surface area (Å²) in [4.78, 5) is 17.5. The lowest BCUT2D eigenvalue weighted by molar-refractivity contribution is 0.0923. The van der Waals surface area contributed by atoms with E-state index in [2.05, 4.69) is 41.5 Å². The molecule has 0 aliphatic heterocycles. The zero-order valence-electron chi connectivity index (χ0n) is 13.3. The van der Waals surface area contributed by atoms with Gasteiger partial charge in [-0.05, 0) is 39.7 Å². The Bertz CT molecular complexity index is 636. The van der Waals surface area contributed by atoms with E-state index in [9.17, 15) is 4.79 Å². The Morgan fingerprint density at radius 1 is 1.24 bits per heavy atom. The van der Waals surface area contributed by atoms with Gasteiger partial charge in [-0.2, -0.15) is 0 Å². The van der Waals surface area contributed by atoms with E-state index in [4.69, 9.17) is 0 Å². The zero-order valence-corrected chi connectivity index (χ0v) is 14.1. The molecule has 2 rings (SSSR count). The Balaban J connectivity index is 2.27. The fraction of sp³-hybridized carbons (Fsp3) is 0.412. The summed E-state index contributed by atoms with van der Waals surface area (Å²) in [5.41, 5.74) is 2.92. The lowest BCUT2D eigenvalue weighted by Gasteiger charge is -2.19. The molecule has 112 valence electrons. The molecule has 0 atom stereocenters. The van der Waals surface area contributed by atoms with E-state index in [0.29, 0.717) is 4.88 Å². The van der Waals surface area contributed by atoms with E-state index in [-0.39, 0.29) is 11.4 Å². The van der Waals surface area contributed by atoms with Crippen LogP contribution in [-0.4, -0.2) is 16.4 Å². The minimum absolute atomic E-state index is 0.0473. The molecule has 0 spiro atoms. The minimum atomic E-state index is -0.240. The molecule has 0 saturated carbocycles. The Kier molecular flexibility index (Phi) is 4.47. The second-order valence-corrected chi connectivity index (χ2v) is 7.19. The molecule has 0 aliphatic rings. The summed E-state index contributed by atoms with van der Waals surface area (Å²) < 4.78 is 0. The molecule has 3 nitrogen and oxygen atoms in total. The number of amides is 1. The van der Waals surface area contributed by atoms with Crippen LogP contribution >= 0.6 is 11.3 Å². The van der Waals surface area contributed by atoms with Crippen LogP contribution in [0.2, 0.25) is 0 Å². The lowest BCUT2D eigenvalue weighted by Crippen LogP contribution is -2.40. The second-order valence-electron chi connectivity index (χ2n) is 6.19. The second kappa shape index (κ2) is 5.98. The van der Waals surface area contributed by atoms with E-state index < -0.39 is 0 Å². The van der Waals surface area contributed by atoms with Crippen molar-refractivity contribution in [3.05, 3.63) is 40.4 Å². The first-order valence-electron chi connectivity index (χ1n) is 7.19. The molecule has 1 N–H and O–H groups in total. The van der Waals surface area contributed by atoms with Crippen molar-refractivity contribution in [1.29, 1.82) is 0 Å². The molecule has 4 heteroatoms. The first-order valence-corrected chi connectivity index (χ1v) is 8.01. The number of hydrogen-bond donors (Lipinski definition) is 1. The van der Waals surface area contributed by atoms with Gasteiger partial charge in [0.1, 0.15) is 9.88 Å². The molecule has 1 amide bonds. The first kappa shape index (κ1) is 15.7. The summed E-state index contributed by atoms with van der Waals surface area (Å²) >= 11 is 1.45. The van der Waals surface area contributed by atoms with Crippen LogP contribution in [0.4, 0.5) is 0 Å². The highest BCUT2D eigenvalue weighted by Crippen LogP contribution is 2.28. The van der Waals surface area contributed by atoms with Crippen LogP contribution in [0.5, 0.6) is 0 Å². The number of aryl methyl sites for hydroxylation is 2. The average Bonchev–Trinajstić information content (AvgIpc) is 2.79. The topological polar surface area (TPSA) is 42.0 Å². The maximum Gasteiger partial charge on any atom is 0.263 e. The molecule has 1 heterocycles. The number of benzene rings is 1. The third kappa shape index (κ3) is 3.91. The van der Waals surface area contributed by atoms with Gasteiger partial charge in [0.05, 0.1) is 5.69 Å². The van der Waals surface area contributed by atoms with E-state index in [1.165, 1.54) is 16.9 Å². The predicted octanol–water partition coefficient (Wildman–Crippen LogP) is 4.21. The van der Waals surface area contributed by atoms with Gasteiger partial charge in [0.2, 0.25) is 0 Å². The Morgan fingerprint density at radius 3 is 2.38 bits per heavy atom. The number of carbonyl (C=O) groups is 1. The summed E-state index contributed by atoms with van der Waals surface area (Å²) in [6, 6.07) is 8.37. The van der Waals surface area contributed by atoms with Gasteiger partial charge in [0, 0.05) is 11.1 Å². The van der Waals surface area contributed by atoms with Gasteiger partial charge in [0.25, 0.3) is 5.91 Å². The molecule has 0 aliphatic carbocycles. The van der Waals surface area contributed by atoms with Crippen molar-refractivity contribution >= 4 is 17.2 Å². The van der Waals surface area contributed by atoms with Gasteiger partial charge in [-0.1, -0.05) is 31.2 Å². The van der Waals surface area contributed by atoms with Crippen LogP contribution in [0, 0.1) is 6.92 Å². The molecule has 2 aromatic rings. The molecule has 21 heavy (non-hydrogen) atoms. The number of nitrogens with one attached hydrogen (secondary N) is 1. The third-order valence-corrected chi connectivity index (χ3v) is 4.31. The van der Waals surface area contributed by atoms with E-state index in [1.807, 2.05) is 27.7 Å². The van der Waals surface area contributed by atoms with Gasteiger partial charge in [-0.25, -0.2) is 4.98 Å². The molecule has 1 aromatic heterocycles. The average molecular weight is 302 g/mol. The summed E-state index contributed by atoms with van der Waals surface area (Å²) in [6.07, 6.45) is 1.02. The van der Waals surface area contributed by atoms with Gasteiger partial charge in [-0.15, -0.1) is 11.3 Å². The fourth-order valence-electron chi connectivity index (χ4n) is 2.01. The van der Waals surface area contributed by atoms with Gasteiger partial charge >= 0.3 is 0 Å². The third-order valence-electron chi connectivity index (χ3n) is 3.10. The van der Waals surface area contributed by atoms with Crippen LogP contribution in [0.3, 0.4) is 0 Å². The Labute approximate surface area is 130 Å². The quantitative estimate of drug-likeness (QED) is 0.923. The van der Waals surface area contributed by atoms with Crippen molar-refractivity contribution in [2.24, 2.45) is 0 Å². The highest BCUT2D eigenvalue weighted by atomic mass is 32.1. The van der Waals surface area contributed by atoms with Crippen molar-refractivity contribution in [1.82, 2.24) is 10.3 Å². The molecule has 0 unspecified atom stereocenters. The van der Waals surface area contributed by atoms with E-state index in [0.717, 1.165) is 22.7 Å². The molecular weight excluding hydrogens is 280 g/mol. The predicted molar refractivity (Wildman–Crippen MR) is 88.9 cm³/mol. The van der Waals surface area contributed by atoms with Gasteiger partial charge in [0.15, 0.2) is 0 Å². The number of thiazole rings is 1. The maximum absolute atomic E-state index is 12.3. The smallest absolute Gasteiger partial charge is 0.263 e. The van der Waals surface area contributed by atoms with Crippen LogP contribution in [0.25, 0.3) is 10.6 Å². The summed E-state index contributed by atoms with van der Waals surface area (Å²) in [6.45, 7) is 9.96. The van der Waals surface area contributed by atoms with Crippen LogP contribution in [-0.2, 0) is 6.42 Å². The van der Waals surface area contributed by atoms with Crippen LogP contribution in [0.1, 0.15) is 48.6 Å². The van der Waals surface area contributed by atoms with E-state index in [1.54, 1.807) is 0 Å². The molecule has 0 radical (unpaired) electrons. The summed E-state index contributed by atoms with van der Waals surface area (Å²) in [7, 11) is 0. The normalized spacial score (nSPS) is 11.5. The summed E-state index contributed by atoms with van der Waals surface area (Å²) in [5, 5.41) is 3.89.